The summed E-state index contributed by atoms with van der Waals surface area (Å²) in [5.41, 5.74) is 6.29. The number of amides is 2. The molecule has 94 valence electrons. The van der Waals surface area contributed by atoms with Crippen molar-refractivity contribution >= 4 is 17.9 Å². The van der Waals surface area contributed by atoms with E-state index >= 15 is 0 Å². The Bertz CT molecular complexity index is 499. The third-order valence-electron chi connectivity index (χ3n) is 3.10. The zero-order valence-electron chi connectivity index (χ0n) is 10.0. The Morgan fingerprint density at radius 3 is 3.00 bits per heavy atom. The van der Waals surface area contributed by atoms with Gasteiger partial charge in [-0.05, 0) is 18.9 Å². The predicted molar refractivity (Wildman–Crippen MR) is 67.6 cm³/mol. The average molecular weight is 245 g/mol. The third kappa shape index (κ3) is 2.11. The smallest absolute Gasteiger partial charge is 0.273 e. The van der Waals surface area contributed by atoms with Crippen molar-refractivity contribution in [3.63, 3.8) is 0 Å². The molecule has 0 bridgehead atoms. The van der Waals surface area contributed by atoms with Crippen molar-refractivity contribution in [1.29, 1.82) is 0 Å². The summed E-state index contributed by atoms with van der Waals surface area (Å²) in [6.07, 6.45) is 4.54. The fraction of sp³-hybridized carbons (Fsp3) is 0.308. The van der Waals surface area contributed by atoms with Crippen molar-refractivity contribution in [3.05, 3.63) is 36.2 Å². The highest BCUT2D eigenvalue weighted by molar-refractivity contribution is 5.98. The summed E-state index contributed by atoms with van der Waals surface area (Å²) in [6.45, 7) is 4.19. The first-order valence-corrected chi connectivity index (χ1v) is 5.83. The van der Waals surface area contributed by atoms with E-state index in [0.717, 1.165) is 6.42 Å². The van der Waals surface area contributed by atoms with Crippen LogP contribution < -0.4 is 5.73 Å². The van der Waals surface area contributed by atoms with Crippen molar-refractivity contribution in [1.82, 2.24) is 9.88 Å². The molecule has 0 aliphatic carbocycles. The van der Waals surface area contributed by atoms with E-state index in [1.54, 1.807) is 24.4 Å². The van der Waals surface area contributed by atoms with Crippen LogP contribution in [-0.2, 0) is 4.79 Å². The molecule has 1 fully saturated rings. The minimum atomic E-state index is -0.517. The number of rotatable bonds is 3. The number of likely N-dealkylation sites (tertiary alicyclic amines) is 1. The van der Waals surface area contributed by atoms with Gasteiger partial charge in [-0.25, -0.2) is 0 Å². The van der Waals surface area contributed by atoms with Gasteiger partial charge in [0.2, 0.25) is 5.91 Å². The molecule has 18 heavy (non-hydrogen) atoms. The lowest BCUT2D eigenvalue weighted by Crippen LogP contribution is -2.44. The first-order valence-electron chi connectivity index (χ1n) is 5.83. The Labute approximate surface area is 105 Å². The topological polar surface area (TPSA) is 76.3 Å². The molecule has 0 spiro atoms. The average Bonchev–Trinajstić information content (AvgIpc) is 2.87. The number of carbonyl (C=O) groups is 2. The lowest BCUT2D eigenvalue weighted by Gasteiger charge is -2.22. The predicted octanol–water partition coefficient (Wildman–Crippen LogP) is 0.815. The quantitative estimate of drug-likeness (QED) is 0.856. The maximum absolute atomic E-state index is 12.3. The van der Waals surface area contributed by atoms with Gasteiger partial charge in [-0.2, -0.15) is 0 Å². The standard InChI is InChI=1S/C13H15N3O2/c1-2-9-5-3-7-15-11(9)13(18)16-8-4-6-10(16)12(14)17/h2-3,5,7,10H,1,4,6,8H2,(H2,14,17). The number of primary amides is 1. The van der Waals surface area contributed by atoms with Gasteiger partial charge in [-0.1, -0.05) is 18.7 Å². The molecule has 1 saturated heterocycles. The SMILES string of the molecule is C=Cc1cccnc1C(=O)N1CCCC1C(N)=O. The highest BCUT2D eigenvalue weighted by atomic mass is 16.2. The Hall–Kier alpha value is -2.17. The summed E-state index contributed by atoms with van der Waals surface area (Å²) in [5, 5.41) is 0. The van der Waals surface area contributed by atoms with Crippen LogP contribution >= 0.6 is 0 Å². The van der Waals surface area contributed by atoms with E-state index in [1.807, 2.05) is 0 Å². The summed E-state index contributed by atoms with van der Waals surface area (Å²) < 4.78 is 0. The third-order valence-corrected chi connectivity index (χ3v) is 3.10. The Kier molecular flexibility index (Phi) is 3.41. The van der Waals surface area contributed by atoms with Gasteiger partial charge >= 0.3 is 0 Å². The summed E-state index contributed by atoms with van der Waals surface area (Å²) >= 11 is 0. The van der Waals surface area contributed by atoms with E-state index in [4.69, 9.17) is 5.73 Å². The summed E-state index contributed by atoms with van der Waals surface area (Å²) in [5.74, 6) is -0.719. The molecule has 1 aliphatic heterocycles. The number of hydrogen-bond acceptors (Lipinski definition) is 3. The molecular formula is C13H15N3O2. The fourth-order valence-corrected chi connectivity index (χ4v) is 2.20. The van der Waals surface area contributed by atoms with Crippen molar-refractivity contribution in [2.75, 3.05) is 6.54 Å². The molecular weight excluding hydrogens is 230 g/mol. The first-order chi connectivity index (χ1) is 8.65. The van der Waals surface area contributed by atoms with Crippen molar-refractivity contribution < 1.29 is 9.59 Å². The Morgan fingerprint density at radius 2 is 2.33 bits per heavy atom. The second-order valence-corrected chi connectivity index (χ2v) is 4.20. The number of carbonyl (C=O) groups excluding carboxylic acids is 2. The van der Waals surface area contributed by atoms with Crippen LogP contribution in [0.25, 0.3) is 6.08 Å². The number of hydrogen-bond donors (Lipinski definition) is 1. The molecule has 0 saturated carbocycles. The molecule has 2 N–H and O–H groups in total. The van der Waals surface area contributed by atoms with Crippen LogP contribution in [0.3, 0.4) is 0 Å². The van der Waals surface area contributed by atoms with Gasteiger partial charge in [0.1, 0.15) is 11.7 Å². The second-order valence-electron chi connectivity index (χ2n) is 4.20. The summed E-state index contributed by atoms with van der Waals surface area (Å²) in [6, 6.07) is 2.99. The van der Waals surface area contributed by atoms with E-state index in [1.165, 1.54) is 4.90 Å². The Morgan fingerprint density at radius 1 is 1.56 bits per heavy atom. The molecule has 0 radical (unpaired) electrons. The van der Waals surface area contributed by atoms with Crippen LogP contribution in [-0.4, -0.2) is 34.3 Å². The number of aromatic nitrogens is 1. The van der Waals surface area contributed by atoms with E-state index in [-0.39, 0.29) is 5.91 Å². The highest BCUT2D eigenvalue weighted by Gasteiger charge is 2.34. The fourth-order valence-electron chi connectivity index (χ4n) is 2.20. The van der Waals surface area contributed by atoms with Gasteiger partial charge in [0.15, 0.2) is 0 Å². The molecule has 0 aromatic carbocycles. The normalized spacial score (nSPS) is 18.7. The van der Waals surface area contributed by atoms with Gasteiger partial charge in [0.05, 0.1) is 0 Å². The number of nitrogens with zero attached hydrogens (tertiary/aromatic N) is 2. The molecule has 2 amide bonds. The molecule has 1 aliphatic rings. The summed E-state index contributed by atoms with van der Waals surface area (Å²) in [4.78, 5) is 29.2. The Balaban J connectivity index is 2.31. The van der Waals surface area contributed by atoms with E-state index in [9.17, 15) is 9.59 Å². The highest BCUT2D eigenvalue weighted by Crippen LogP contribution is 2.20. The second kappa shape index (κ2) is 5.00. The number of nitrogens with two attached hydrogens (primary N) is 1. The largest absolute Gasteiger partial charge is 0.368 e. The number of pyridine rings is 1. The van der Waals surface area contributed by atoms with Crippen LogP contribution in [0.2, 0.25) is 0 Å². The molecule has 5 nitrogen and oxygen atoms in total. The molecule has 2 heterocycles. The first kappa shape index (κ1) is 12.3. The van der Waals surface area contributed by atoms with E-state index in [0.29, 0.717) is 24.2 Å². The minimum absolute atomic E-state index is 0.258. The van der Waals surface area contributed by atoms with Gasteiger partial charge in [-0.3, -0.25) is 14.6 Å². The molecule has 5 heteroatoms. The monoisotopic (exact) mass is 245 g/mol. The van der Waals surface area contributed by atoms with Crippen molar-refractivity contribution in [2.24, 2.45) is 5.73 Å². The van der Waals surface area contributed by atoms with Crippen molar-refractivity contribution in [2.45, 2.75) is 18.9 Å². The zero-order chi connectivity index (χ0) is 13.1. The zero-order valence-corrected chi connectivity index (χ0v) is 10.0. The van der Waals surface area contributed by atoms with Crippen LogP contribution in [0.1, 0.15) is 28.9 Å². The maximum atomic E-state index is 12.3. The lowest BCUT2D eigenvalue weighted by atomic mass is 10.1. The van der Waals surface area contributed by atoms with Crippen LogP contribution in [0.4, 0.5) is 0 Å². The molecule has 2 rings (SSSR count). The lowest BCUT2D eigenvalue weighted by molar-refractivity contribution is -0.121. The maximum Gasteiger partial charge on any atom is 0.273 e. The van der Waals surface area contributed by atoms with Crippen molar-refractivity contribution in [3.8, 4) is 0 Å². The molecule has 1 aromatic rings. The van der Waals surface area contributed by atoms with Gasteiger partial charge < -0.3 is 10.6 Å². The van der Waals surface area contributed by atoms with Crippen LogP contribution in [0.15, 0.2) is 24.9 Å². The van der Waals surface area contributed by atoms with E-state index in [2.05, 4.69) is 11.6 Å². The summed E-state index contributed by atoms with van der Waals surface area (Å²) in [7, 11) is 0. The van der Waals surface area contributed by atoms with Gasteiger partial charge in [-0.15, -0.1) is 0 Å². The van der Waals surface area contributed by atoms with Crippen LogP contribution in [0.5, 0.6) is 0 Å². The van der Waals surface area contributed by atoms with Gasteiger partial charge in [0.25, 0.3) is 5.91 Å². The molecule has 1 unspecified atom stereocenters. The molecule has 1 aromatic heterocycles. The van der Waals surface area contributed by atoms with Crippen LogP contribution in [0, 0.1) is 0 Å². The van der Waals surface area contributed by atoms with E-state index < -0.39 is 11.9 Å². The minimum Gasteiger partial charge on any atom is -0.368 e. The van der Waals surface area contributed by atoms with Gasteiger partial charge in [0, 0.05) is 18.3 Å². The molecule has 1 atom stereocenters.